The number of carbonyl (C=O) groups is 2. The van der Waals surface area contributed by atoms with Crippen LogP contribution in [0, 0.1) is 11.8 Å². The van der Waals surface area contributed by atoms with Gasteiger partial charge in [-0.2, -0.15) is 4.98 Å². The predicted octanol–water partition coefficient (Wildman–Crippen LogP) is 4.59. The van der Waals surface area contributed by atoms with Crippen LogP contribution in [0.2, 0.25) is 0 Å². The fourth-order valence-electron chi connectivity index (χ4n) is 4.64. The lowest BCUT2D eigenvalue weighted by Crippen LogP contribution is -2.32. The van der Waals surface area contributed by atoms with Gasteiger partial charge in [-0.15, -0.1) is 0 Å². The molecule has 0 atom stereocenters. The molecule has 34 heavy (non-hydrogen) atoms. The summed E-state index contributed by atoms with van der Waals surface area (Å²) < 4.78 is 5.81. The van der Waals surface area contributed by atoms with Gasteiger partial charge in [0.15, 0.2) is 5.16 Å². The summed E-state index contributed by atoms with van der Waals surface area (Å²) in [6.45, 7) is 4.95. The lowest BCUT2D eigenvalue weighted by Gasteiger charge is -2.28. The number of carboxylic acids is 1. The minimum atomic E-state index is -0.711. The normalized spacial score (nSPS) is 20.6. The van der Waals surface area contributed by atoms with Crippen molar-refractivity contribution >= 4 is 35.1 Å². The molecule has 0 radical (unpaired) electrons. The molecule has 1 aromatic carbocycles. The average molecular weight is 485 g/mol. The summed E-state index contributed by atoms with van der Waals surface area (Å²) >= 11 is 1.50. The van der Waals surface area contributed by atoms with E-state index in [1.54, 1.807) is 4.90 Å². The second kappa shape index (κ2) is 10.6. The second-order valence-corrected chi connectivity index (χ2v) is 10.5. The van der Waals surface area contributed by atoms with Gasteiger partial charge in [0.1, 0.15) is 18.0 Å². The number of amides is 1. The van der Waals surface area contributed by atoms with E-state index in [9.17, 15) is 9.59 Å². The van der Waals surface area contributed by atoms with Gasteiger partial charge in [0, 0.05) is 17.9 Å². The summed E-state index contributed by atoms with van der Waals surface area (Å²) in [5, 5.41) is 9.54. The number of aromatic nitrogens is 2. The Hall–Kier alpha value is -2.81. The highest BCUT2D eigenvalue weighted by molar-refractivity contribution is 7.99. The molecule has 1 aliphatic heterocycles. The van der Waals surface area contributed by atoms with Gasteiger partial charge in [-0.1, -0.05) is 37.7 Å². The number of benzene rings is 1. The van der Waals surface area contributed by atoms with Crippen LogP contribution < -0.4 is 15.4 Å². The molecule has 4 rings (SSSR count). The zero-order valence-electron chi connectivity index (χ0n) is 19.7. The Morgan fingerprint density at radius 2 is 1.91 bits per heavy atom. The van der Waals surface area contributed by atoms with Crippen molar-refractivity contribution < 1.29 is 19.4 Å². The zero-order chi connectivity index (χ0) is 24.2. The third kappa shape index (κ3) is 5.63. The number of ether oxygens (including phenoxy) is 1. The van der Waals surface area contributed by atoms with E-state index in [1.807, 2.05) is 12.1 Å². The highest BCUT2D eigenvalue weighted by Gasteiger charge is 2.30. The summed E-state index contributed by atoms with van der Waals surface area (Å²) in [5.74, 6) is 1.46. The van der Waals surface area contributed by atoms with Gasteiger partial charge in [0.2, 0.25) is 5.88 Å². The van der Waals surface area contributed by atoms with Crippen LogP contribution in [-0.2, 0) is 4.79 Å². The Kier molecular flexibility index (Phi) is 7.60. The first-order valence-electron chi connectivity index (χ1n) is 11.9. The Bertz CT molecular complexity index is 1040. The summed E-state index contributed by atoms with van der Waals surface area (Å²) in [7, 11) is 0. The number of anilines is 2. The number of nitrogens with two attached hydrogens (primary N) is 1. The van der Waals surface area contributed by atoms with E-state index in [-0.39, 0.29) is 35.5 Å². The molecule has 1 aromatic heterocycles. The van der Waals surface area contributed by atoms with Crippen molar-refractivity contribution in [3.8, 4) is 5.88 Å². The first-order valence-corrected chi connectivity index (χ1v) is 12.9. The number of thioether (sulfide) groups is 1. The molecule has 8 nitrogen and oxygen atoms in total. The third-order valence-electron chi connectivity index (χ3n) is 6.43. The van der Waals surface area contributed by atoms with Gasteiger partial charge < -0.3 is 20.5 Å². The highest BCUT2D eigenvalue weighted by Crippen LogP contribution is 2.38. The van der Waals surface area contributed by atoms with E-state index in [2.05, 4.69) is 35.9 Å². The Balaban J connectivity index is 1.47. The topological polar surface area (TPSA) is 119 Å². The highest BCUT2D eigenvalue weighted by atomic mass is 32.2. The molecule has 0 saturated heterocycles. The zero-order valence-corrected chi connectivity index (χ0v) is 20.5. The summed E-state index contributed by atoms with van der Waals surface area (Å²) in [6, 6.07) is 8.07. The van der Waals surface area contributed by atoms with Crippen LogP contribution in [0.3, 0.4) is 0 Å². The molecule has 0 unspecified atom stereocenters. The molecule has 1 amide bonds. The van der Waals surface area contributed by atoms with Crippen LogP contribution in [0.25, 0.3) is 0 Å². The molecular formula is C25H32N4O4S. The second-order valence-electron chi connectivity index (χ2n) is 9.49. The molecule has 2 heterocycles. The first-order chi connectivity index (χ1) is 16.3. The smallest absolute Gasteiger partial charge is 0.303 e. The molecule has 1 saturated carbocycles. The van der Waals surface area contributed by atoms with Crippen molar-refractivity contribution in [1.29, 1.82) is 0 Å². The summed E-state index contributed by atoms with van der Waals surface area (Å²) in [4.78, 5) is 34.8. The molecular weight excluding hydrogens is 452 g/mol. The summed E-state index contributed by atoms with van der Waals surface area (Å²) in [5.41, 5.74) is 8.41. The SMILES string of the molecule is CC(C)CSc1nc(N)c2c(n1)OCCN(c1ccc(C3CCC(CC(=O)O)CC3)cc1)C2=O. The first kappa shape index (κ1) is 24.3. The molecule has 2 aromatic rings. The van der Waals surface area contributed by atoms with Crippen molar-refractivity contribution in [2.24, 2.45) is 11.8 Å². The Morgan fingerprint density at radius 1 is 1.21 bits per heavy atom. The van der Waals surface area contributed by atoms with Crippen molar-refractivity contribution in [3.63, 3.8) is 0 Å². The number of carboxylic acid groups (broad SMARTS) is 1. The Morgan fingerprint density at radius 3 is 2.56 bits per heavy atom. The Labute approximate surface area is 204 Å². The maximum absolute atomic E-state index is 13.4. The standard InChI is InChI=1S/C25H32N4O4S/c1-15(2)14-34-25-27-22(26)21-23(28-25)33-12-11-29(24(21)32)19-9-7-18(8-10-19)17-5-3-16(4-6-17)13-20(30)31/h7-10,15-17H,3-6,11-14H2,1-2H3,(H,30,31)(H2,26,27,28). The number of nitrogens with zero attached hydrogens (tertiary/aromatic N) is 3. The van der Waals surface area contributed by atoms with E-state index < -0.39 is 5.97 Å². The van der Waals surface area contributed by atoms with Crippen LogP contribution in [0.1, 0.15) is 67.8 Å². The minimum Gasteiger partial charge on any atom is -0.481 e. The maximum Gasteiger partial charge on any atom is 0.303 e. The fraction of sp³-hybridized carbons (Fsp3) is 0.520. The molecule has 1 fully saturated rings. The van der Waals surface area contributed by atoms with Crippen molar-refractivity contribution in [3.05, 3.63) is 35.4 Å². The number of nitrogen functional groups attached to an aromatic ring is 1. The number of carbonyl (C=O) groups excluding carboxylic acids is 1. The van der Waals surface area contributed by atoms with Gasteiger partial charge in [0.05, 0.1) is 6.54 Å². The molecule has 1 aliphatic carbocycles. The van der Waals surface area contributed by atoms with E-state index in [4.69, 9.17) is 15.6 Å². The molecule has 3 N–H and O–H groups in total. The lowest BCUT2D eigenvalue weighted by atomic mass is 9.77. The van der Waals surface area contributed by atoms with Gasteiger partial charge in [-0.25, -0.2) is 4.98 Å². The van der Waals surface area contributed by atoms with Gasteiger partial charge in [-0.05, 0) is 61.1 Å². The van der Waals surface area contributed by atoms with Crippen molar-refractivity contribution in [2.75, 3.05) is 29.5 Å². The molecule has 0 spiro atoms. The number of hydrogen-bond donors (Lipinski definition) is 2. The maximum atomic E-state index is 13.4. The van der Waals surface area contributed by atoms with E-state index >= 15 is 0 Å². The molecule has 182 valence electrons. The molecule has 2 aliphatic rings. The van der Waals surface area contributed by atoms with Gasteiger partial charge in [-0.3, -0.25) is 9.59 Å². The van der Waals surface area contributed by atoms with Crippen molar-refractivity contribution in [2.45, 2.75) is 57.0 Å². The van der Waals surface area contributed by atoms with Gasteiger partial charge >= 0.3 is 5.97 Å². The van der Waals surface area contributed by atoms with Gasteiger partial charge in [0.25, 0.3) is 5.91 Å². The summed E-state index contributed by atoms with van der Waals surface area (Å²) in [6.07, 6.45) is 4.12. The van der Waals surface area contributed by atoms with E-state index in [0.717, 1.165) is 37.1 Å². The minimum absolute atomic E-state index is 0.142. The van der Waals surface area contributed by atoms with Crippen LogP contribution >= 0.6 is 11.8 Å². The number of fused-ring (bicyclic) bond motifs is 1. The van der Waals surface area contributed by atoms with Crippen molar-refractivity contribution in [1.82, 2.24) is 9.97 Å². The fourth-order valence-corrected chi connectivity index (χ4v) is 5.43. The van der Waals surface area contributed by atoms with Crippen LogP contribution in [-0.4, -0.2) is 45.9 Å². The van der Waals surface area contributed by atoms with E-state index in [1.165, 1.54) is 17.3 Å². The average Bonchev–Trinajstić information content (AvgIpc) is 2.97. The largest absolute Gasteiger partial charge is 0.481 e. The molecule has 0 bridgehead atoms. The number of rotatable bonds is 7. The lowest BCUT2D eigenvalue weighted by molar-refractivity contribution is -0.138. The predicted molar refractivity (Wildman–Crippen MR) is 133 cm³/mol. The van der Waals surface area contributed by atoms with Crippen LogP contribution in [0.4, 0.5) is 11.5 Å². The number of aliphatic carboxylic acids is 1. The monoisotopic (exact) mass is 484 g/mol. The quantitative estimate of drug-likeness (QED) is 0.432. The van der Waals surface area contributed by atoms with Crippen LogP contribution in [0.15, 0.2) is 29.4 Å². The molecule has 9 heteroatoms. The third-order valence-corrected chi connectivity index (χ3v) is 7.70. The van der Waals surface area contributed by atoms with E-state index in [0.29, 0.717) is 30.1 Å². The number of hydrogen-bond acceptors (Lipinski definition) is 7. The van der Waals surface area contributed by atoms with Crippen LogP contribution in [0.5, 0.6) is 5.88 Å².